The van der Waals surface area contributed by atoms with Crippen LogP contribution in [-0.4, -0.2) is 33.9 Å². The minimum atomic E-state index is 0. The van der Waals surface area contributed by atoms with Crippen molar-refractivity contribution in [2.45, 2.75) is 33.4 Å². The largest absolute Gasteiger partial charge is 0.327 e. The van der Waals surface area contributed by atoms with Crippen molar-refractivity contribution in [3.05, 3.63) is 65.0 Å². The lowest BCUT2D eigenvalue weighted by Crippen LogP contribution is -2.08. The number of benzene rings is 1. The van der Waals surface area contributed by atoms with E-state index < -0.39 is 0 Å². The first-order valence-corrected chi connectivity index (χ1v) is 9.28. The van der Waals surface area contributed by atoms with Gasteiger partial charge >= 0.3 is 0 Å². The van der Waals surface area contributed by atoms with Crippen LogP contribution in [0.3, 0.4) is 0 Å². The maximum absolute atomic E-state index is 6.30. The van der Waals surface area contributed by atoms with Crippen molar-refractivity contribution in [2.75, 3.05) is 0 Å². The van der Waals surface area contributed by atoms with Gasteiger partial charge in [-0.3, -0.25) is 0 Å². The van der Waals surface area contributed by atoms with E-state index in [1.807, 2.05) is 48.5 Å². The summed E-state index contributed by atoms with van der Waals surface area (Å²) in [6.45, 7) is 5.32. The summed E-state index contributed by atoms with van der Waals surface area (Å²) in [4.78, 5) is 13.7. The molecule has 0 bridgehead atoms. The van der Waals surface area contributed by atoms with Gasteiger partial charge in [-0.15, -0.1) is 12.4 Å². The van der Waals surface area contributed by atoms with Crippen LogP contribution in [0.5, 0.6) is 0 Å². The summed E-state index contributed by atoms with van der Waals surface area (Å²) in [6.07, 6.45) is 6.51. The third kappa shape index (κ3) is 2.91. The van der Waals surface area contributed by atoms with Crippen LogP contribution in [0.25, 0.3) is 17.1 Å². The van der Waals surface area contributed by atoms with Gasteiger partial charge in [-0.2, -0.15) is 5.10 Å². The number of halogens is 2. The van der Waals surface area contributed by atoms with E-state index in [2.05, 4.69) is 26.0 Å². The van der Waals surface area contributed by atoms with Crippen molar-refractivity contribution in [1.82, 2.24) is 33.9 Å². The van der Waals surface area contributed by atoms with Gasteiger partial charge < -0.3 is 9.13 Å². The predicted molar refractivity (Wildman–Crippen MR) is 109 cm³/mol. The maximum atomic E-state index is 6.30. The Bertz CT molecular complexity index is 1160. The minimum Gasteiger partial charge on any atom is -0.327 e. The number of nitrogens with zero attached hydrogens (tertiary/aromatic N) is 7. The molecule has 0 unspecified atom stereocenters. The van der Waals surface area contributed by atoms with Crippen LogP contribution in [0.1, 0.15) is 30.0 Å². The molecule has 0 aliphatic carbocycles. The fourth-order valence-corrected chi connectivity index (χ4v) is 3.79. The Morgan fingerprint density at radius 3 is 2.89 bits per heavy atom. The van der Waals surface area contributed by atoms with Gasteiger partial charge in [0.2, 0.25) is 0 Å². The van der Waals surface area contributed by atoms with Crippen LogP contribution in [-0.2, 0) is 19.5 Å². The van der Waals surface area contributed by atoms with E-state index in [0.29, 0.717) is 18.1 Å². The third-order valence-corrected chi connectivity index (χ3v) is 5.21. The Labute approximate surface area is 173 Å². The Morgan fingerprint density at radius 1 is 1.21 bits per heavy atom. The molecule has 5 rings (SSSR count). The number of rotatable bonds is 3. The highest BCUT2D eigenvalue weighted by Crippen LogP contribution is 2.33. The van der Waals surface area contributed by atoms with Gasteiger partial charge in [-0.1, -0.05) is 18.5 Å². The Morgan fingerprint density at radius 2 is 2.07 bits per heavy atom. The SMILES string of the molecule is CCc1nccn1Cc1nc2n(n1)Cc1c(C)ncn1-c1ccc(Cl)cc1-2.Cl. The first kappa shape index (κ1) is 18.7. The van der Waals surface area contributed by atoms with Crippen molar-refractivity contribution in [2.24, 2.45) is 0 Å². The average Bonchev–Trinajstić information content (AvgIpc) is 3.34. The van der Waals surface area contributed by atoms with Crippen LogP contribution in [0.4, 0.5) is 0 Å². The summed E-state index contributed by atoms with van der Waals surface area (Å²) in [6, 6.07) is 5.85. The molecule has 1 aromatic carbocycles. The van der Waals surface area contributed by atoms with Crippen molar-refractivity contribution >= 4 is 24.0 Å². The standard InChI is InChI=1S/C19H18ClN7.ClH/c1-3-18-21-6-7-25(18)10-17-23-19-14-8-13(20)4-5-15(14)26-11-22-12(2)16(26)9-27(19)24-17;/h4-8,11H,3,9-10H2,1-2H3;1H. The number of hydrogen-bond acceptors (Lipinski definition) is 4. The molecule has 3 aromatic heterocycles. The number of aromatic nitrogens is 7. The topological polar surface area (TPSA) is 66.3 Å². The van der Waals surface area contributed by atoms with Gasteiger partial charge in [0, 0.05) is 29.4 Å². The maximum Gasteiger partial charge on any atom is 0.171 e. The highest BCUT2D eigenvalue weighted by Gasteiger charge is 2.24. The normalized spacial score (nSPS) is 12.0. The van der Waals surface area contributed by atoms with Crippen LogP contribution >= 0.6 is 24.0 Å². The quantitative estimate of drug-likeness (QED) is 0.450. The van der Waals surface area contributed by atoms with E-state index in [9.17, 15) is 0 Å². The van der Waals surface area contributed by atoms with E-state index >= 15 is 0 Å². The molecule has 4 heterocycles. The second-order valence-corrected chi connectivity index (χ2v) is 7.08. The van der Waals surface area contributed by atoms with E-state index in [1.165, 1.54) is 0 Å². The molecule has 144 valence electrons. The molecule has 7 nitrogen and oxygen atoms in total. The molecule has 1 aliphatic heterocycles. The summed E-state index contributed by atoms with van der Waals surface area (Å²) in [5, 5.41) is 5.46. The van der Waals surface area contributed by atoms with Gasteiger partial charge in [0.1, 0.15) is 5.82 Å². The Hall–Kier alpha value is -2.64. The molecule has 4 aromatic rings. The van der Waals surface area contributed by atoms with Crippen LogP contribution in [0.15, 0.2) is 36.9 Å². The second kappa shape index (κ2) is 7.07. The third-order valence-electron chi connectivity index (χ3n) is 4.98. The Kier molecular flexibility index (Phi) is 4.72. The molecule has 1 aliphatic rings. The molecular formula is C19H19Cl2N7. The van der Waals surface area contributed by atoms with Crippen molar-refractivity contribution in [3.8, 4) is 17.1 Å². The highest BCUT2D eigenvalue weighted by molar-refractivity contribution is 6.31. The van der Waals surface area contributed by atoms with Crippen LogP contribution < -0.4 is 0 Å². The monoisotopic (exact) mass is 415 g/mol. The second-order valence-electron chi connectivity index (χ2n) is 6.64. The number of aryl methyl sites for hydroxylation is 2. The van der Waals surface area contributed by atoms with E-state index in [0.717, 1.165) is 46.5 Å². The molecule has 0 saturated heterocycles. The van der Waals surface area contributed by atoms with Gasteiger partial charge in [0.25, 0.3) is 0 Å². The molecule has 0 amide bonds. The van der Waals surface area contributed by atoms with E-state index in [4.69, 9.17) is 21.7 Å². The molecular weight excluding hydrogens is 397 g/mol. The van der Waals surface area contributed by atoms with Gasteiger partial charge in [-0.05, 0) is 25.1 Å². The zero-order valence-corrected chi connectivity index (χ0v) is 17.1. The Balaban J connectivity index is 0.00000192. The molecule has 0 atom stereocenters. The fourth-order valence-electron chi connectivity index (χ4n) is 3.62. The number of hydrogen-bond donors (Lipinski definition) is 0. The summed E-state index contributed by atoms with van der Waals surface area (Å²) in [5.74, 6) is 2.61. The smallest absolute Gasteiger partial charge is 0.171 e. The molecule has 0 N–H and O–H groups in total. The zero-order chi connectivity index (χ0) is 18.5. The van der Waals surface area contributed by atoms with E-state index in [1.54, 1.807) is 0 Å². The zero-order valence-electron chi connectivity index (χ0n) is 15.5. The summed E-state index contributed by atoms with van der Waals surface area (Å²) in [7, 11) is 0. The lowest BCUT2D eigenvalue weighted by Gasteiger charge is -2.08. The van der Waals surface area contributed by atoms with Gasteiger partial charge in [0.15, 0.2) is 11.6 Å². The number of imidazole rings is 2. The lowest BCUT2D eigenvalue weighted by atomic mass is 10.1. The summed E-state index contributed by atoms with van der Waals surface area (Å²) >= 11 is 6.30. The van der Waals surface area contributed by atoms with Gasteiger partial charge in [0.05, 0.1) is 36.5 Å². The summed E-state index contributed by atoms with van der Waals surface area (Å²) in [5.41, 5.74) is 4.07. The highest BCUT2D eigenvalue weighted by atomic mass is 35.5. The molecule has 28 heavy (non-hydrogen) atoms. The average molecular weight is 416 g/mol. The molecule has 0 fully saturated rings. The predicted octanol–water partition coefficient (Wildman–Crippen LogP) is 3.68. The van der Waals surface area contributed by atoms with Crippen LogP contribution in [0, 0.1) is 6.92 Å². The van der Waals surface area contributed by atoms with Crippen LogP contribution in [0.2, 0.25) is 5.02 Å². The fraction of sp³-hybridized carbons (Fsp3) is 0.263. The van der Waals surface area contributed by atoms with Crippen molar-refractivity contribution < 1.29 is 0 Å². The minimum absolute atomic E-state index is 0. The van der Waals surface area contributed by atoms with Gasteiger partial charge in [-0.25, -0.2) is 19.6 Å². The molecule has 0 spiro atoms. The first-order chi connectivity index (χ1) is 13.1. The molecule has 9 heteroatoms. The lowest BCUT2D eigenvalue weighted by molar-refractivity contribution is 0.638. The van der Waals surface area contributed by atoms with E-state index in [-0.39, 0.29) is 12.4 Å². The molecule has 0 saturated carbocycles. The van der Waals surface area contributed by atoms with Crippen molar-refractivity contribution in [3.63, 3.8) is 0 Å². The van der Waals surface area contributed by atoms with Crippen molar-refractivity contribution in [1.29, 1.82) is 0 Å². The molecule has 0 radical (unpaired) electrons. The summed E-state index contributed by atoms with van der Waals surface area (Å²) < 4.78 is 6.13. The first-order valence-electron chi connectivity index (χ1n) is 8.91. The number of fused-ring (bicyclic) bond motifs is 5.